The maximum Gasteiger partial charge on any atom is 0.351 e. The second-order valence-electron chi connectivity index (χ2n) is 8.35. The fraction of sp³-hybridized carbons (Fsp3) is 0.524. The third-order valence-corrected chi connectivity index (χ3v) is 4.71. The molecule has 2 aliphatic heterocycles. The highest BCUT2D eigenvalue weighted by Crippen LogP contribution is 2.29. The van der Waals surface area contributed by atoms with Crippen LogP contribution >= 0.6 is 0 Å². The van der Waals surface area contributed by atoms with Crippen LogP contribution in [0.4, 0.5) is 5.69 Å². The lowest BCUT2D eigenvalue weighted by Crippen LogP contribution is -2.56. The molecular weight excluding hydrogens is 392 g/mol. The molecule has 3 rings (SSSR count). The van der Waals surface area contributed by atoms with Gasteiger partial charge in [0.25, 0.3) is 11.8 Å². The highest BCUT2D eigenvalue weighted by atomic mass is 16.6. The van der Waals surface area contributed by atoms with Crippen molar-refractivity contribution in [3.05, 3.63) is 29.3 Å². The maximum atomic E-state index is 13.2. The van der Waals surface area contributed by atoms with E-state index in [4.69, 9.17) is 14.2 Å². The van der Waals surface area contributed by atoms with Crippen LogP contribution in [0.1, 0.15) is 43.6 Å². The lowest BCUT2D eigenvalue weighted by Gasteiger charge is -2.35. The SMILES string of the molecule is CC(=O)O[C@@H](C(=O)OC(C)(C)C)[C@H]1OCCN(c2ccc3c(c2)CN(C)C3=O)C1=O. The Balaban J connectivity index is 1.86. The fourth-order valence-corrected chi connectivity index (χ4v) is 3.47. The second kappa shape index (κ2) is 8.06. The summed E-state index contributed by atoms with van der Waals surface area (Å²) in [5.41, 5.74) is 1.18. The smallest absolute Gasteiger partial charge is 0.351 e. The molecule has 0 N–H and O–H groups in total. The van der Waals surface area contributed by atoms with Gasteiger partial charge in [0.15, 0.2) is 6.10 Å². The highest BCUT2D eigenvalue weighted by Gasteiger charge is 2.44. The first kappa shape index (κ1) is 21.8. The Morgan fingerprint density at radius 2 is 1.93 bits per heavy atom. The van der Waals surface area contributed by atoms with Crippen LogP contribution in [0, 0.1) is 0 Å². The number of fused-ring (bicyclic) bond motifs is 1. The summed E-state index contributed by atoms with van der Waals surface area (Å²) < 4.78 is 16.0. The molecule has 0 unspecified atom stereocenters. The topological polar surface area (TPSA) is 102 Å². The molecule has 2 atom stereocenters. The molecule has 1 fully saturated rings. The number of hydrogen-bond acceptors (Lipinski definition) is 7. The van der Waals surface area contributed by atoms with Gasteiger partial charge in [-0.15, -0.1) is 0 Å². The van der Waals surface area contributed by atoms with Crippen molar-refractivity contribution < 1.29 is 33.4 Å². The number of carbonyl (C=O) groups is 4. The monoisotopic (exact) mass is 418 g/mol. The van der Waals surface area contributed by atoms with Gasteiger partial charge in [0, 0.05) is 38.3 Å². The number of anilines is 1. The lowest BCUT2D eigenvalue weighted by atomic mass is 10.1. The van der Waals surface area contributed by atoms with Crippen LogP contribution in [0.5, 0.6) is 0 Å². The molecule has 1 aromatic rings. The minimum atomic E-state index is -1.51. The number of morpholine rings is 1. The highest BCUT2D eigenvalue weighted by molar-refractivity contribution is 6.02. The average Bonchev–Trinajstić information content (AvgIpc) is 2.92. The van der Waals surface area contributed by atoms with Gasteiger partial charge in [-0.25, -0.2) is 4.79 Å². The van der Waals surface area contributed by atoms with Crippen LogP contribution in [0.2, 0.25) is 0 Å². The first-order valence-corrected chi connectivity index (χ1v) is 9.69. The minimum Gasteiger partial charge on any atom is -0.457 e. The Morgan fingerprint density at radius 3 is 2.57 bits per heavy atom. The van der Waals surface area contributed by atoms with Crippen LogP contribution < -0.4 is 4.90 Å². The molecule has 0 radical (unpaired) electrons. The van der Waals surface area contributed by atoms with Gasteiger partial charge in [0.2, 0.25) is 6.10 Å². The molecule has 2 amide bonds. The number of carbonyl (C=O) groups excluding carboxylic acids is 4. The number of amides is 2. The summed E-state index contributed by atoms with van der Waals surface area (Å²) >= 11 is 0. The van der Waals surface area contributed by atoms with Crippen LogP contribution in [-0.4, -0.2) is 66.7 Å². The van der Waals surface area contributed by atoms with Crippen molar-refractivity contribution in [2.24, 2.45) is 0 Å². The summed E-state index contributed by atoms with van der Waals surface area (Å²) in [6, 6.07) is 5.15. The summed E-state index contributed by atoms with van der Waals surface area (Å²) in [5.74, 6) is -2.16. The number of ether oxygens (including phenoxy) is 3. The molecule has 0 saturated carbocycles. The van der Waals surface area contributed by atoms with Crippen molar-refractivity contribution in [3.63, 3.8) is 0 Å². The van der Waals surface area contributed by atoms with Gasteiger partial charge in [-0.05, 0) is 44.5 Å². The molecule has 0 aliphatic carbocycles. The van der Waals surface area contributed by atoms with E-state index in [1.54, 1.807) is 50.9 Å². The zero-order valence-corrected chi connectivity index (χ0v) is 17.8. The largest absolute Gasteiger partial charge is 0.457 e. The van der Waals surface area contributed by atoms with Crippen molar-refractivity contribution in [2.45, 2.75) is 52.0 Å². The second-order valence-corrected chi connectivity index (χ2v) is 8.35. The average molecular weight is 418 g/mol. The van der Waals surface area contributed by atoms with E-state index in [1.807, 2.05) is 0 Å². The van der Waals surface area contributed by atoms with E-state index in [2.05, 4.69) is 0 Å². The molecule has 2 aliphatic rings. The van der Waals surface area contributed by atoms with E-state index in [0.29, 0.717) is 17.8 Å². The minimum absolute atomic E-state index is 0.0671. The van der Waals surface area contributed by atoms with Crippen LogP contribution in [0.15, 0.2) is 18.2 Å². The number of esters is 2. The van der Waals surface area contributed by atoms with Crippen molar-refractivity contribution in [1.82, 2.24) is 4.90 Å². The quantitative estimate of drug-likeness (QED) is 0.679. The zero-order valence-electron chi connectivity index (χ0n) is 17.8. The molecule has 0 spiro atoms. The molecule has 9 nitrogen and oxygen atoms in total. The summed E-state index contributed by atoms with van der Waals surface area (Å²) in [4.78, 5) is 52.5. The summed E-state index contributed by atoms with van der Waals surface area (Å²) in [6.45, 7) is 7.04. The first-order valence-electron chi connectivity index (χ1n) is 9.69. The number of benzene rings is 1. The molecule has 30 heavy (non-hydrogen) atoms. The third-order valence-electron chi connectivity index (χ3n) is 4.71. The fourth-order valence-electron chi connectivity index (χ4n) is 3.47. The van der Waals surface area contributed by atoms with Crippen molar-refractivity contribution in [1.29, 1.82) is 0 Å². The predicted octanol–water partition coefficient (Wildman–Crippen LogP) is 1.28. The Morgan fingerprint density at radius 1 is 1.23 bits per heavy atom. The Labute approximate surface area is 174 Å². The van der Waals surface area contributed by atoms with Gasteiger partial charge in [-0.1, -0.05) is 0 Å². The van der Waals surface area contributed by atoms with Gasteiger partial charge in [0.1, 0.15) is 5.60 Å². The Hall–Kier alpha value is -2.94. The number of hydrogen-bond donors (Lipinski definition) is 0. The van der Waals surface area contributed by atoms with Crippen molar-refractivity contribution in [3.8, 4) is 0 Å². The van der Waals surface area contributed by atoms with E-state index in [0.717, 1.165) is 12.5 Å². The summed E-state index contributed by atoms with van der Waals surface area (Å²) in [6.07, 6.45) is -2.84. The van der Waals surface area contributed by atoms with E-state index in [-0.39, 0.29) is 19.1 Å². The molecule has 1 saturated heterocycles. The van der Waals surface area contributed by atoms with Crippen LogP contribution in [-0.2, 0) is 35.1 Å². The van der Waals surface area contributed by atoms with E-state index in [9.17, 15) is 19.2 Å². The lowest BCUT2D eigenvalue weighted by molar-refractivity contribution is -0.188. The molecular formula is C21H26N2O7. The Kier molecular flexibility index (Phi) is 5.85. The van der Waals surface area contributed by atoms with Gasteiger partial charge < -0.3 is 24.0 Å². The van der Waals surface area contributed by atoms with Gasteiger partial charge in [-0.3, -0.25) is 14.4 Å². The normalized spacial score (nSPS) is 20.1. The van der Waals surface area contributed by atoms with Crippen molar-refractivity contribution >= 4 is 29.4 Å². The van der Waals surface area contributed by atoms with Crippen molar-refractivity contribution in [2.75, 3.05) is 25.1 Å². The Bertz CT molecular complexity index is 890. The van der Waals surface area contributed by atoms with E-state index >= 15 is 0 Å². The number of nitrogens with zero attached hydrogens (tertiary/aromatic N) is 2. The van der Waals surface area contributed by atoms with Crippen LogP contribution in [0.3, 0.4) is 0 Å². The molecule has 0 bridgehead atoms. The van der Waals surface area contributed by atoms with Gasteiger partial charge >= 0.3 is 11.9 Å². The van der Waals surface area contributed by atoms with Gasteiger partial charge in [-0.2, -0.15) is 0 Å². The van der Waals surface area contributed by atoms with Gasteiger partial charge in [0.05, 0.1) is 6.61 Å². The number of rotatable bonds is 4. The predicted molar refractivity (Wildman–Crippen MR) is 106 cm³/mol. The molecule has 0 aromatic heterocycles. The van der Waals surface area contributed by atoms with Crippen LogP contribution in [0.25, 0.3) is 0 Å². The summed E-state index contributed by atoms with van der Waals surface area (Å²) in [5, 5.41) is 0. The first-order chi connectivity index (χ1) is 14.0. The molecule has 1 aromatic carbocycles. The van der Waals surface area contributed by atoms with E-state index in [1.165, 1.54) is 4.90 Å². The standard InChI is InChI=1S/C21H26N2O7/c1-12(24)29-17(20(27)30-21(2,3)4)16-19(26)23(8-9-28-16)14-6-7-15-13(10-14)11-22(5)18(15)25/h6-7,10,16-17H,8-9,11H2,1-5H3/t16-,17-/m1/s1. The van der Waals surface area contributed by atoms with E-state index < -0.39 is 35.7 Å². The molecule has 9 heteroatoms. The molecule has 2 heterocycles. The molecule has 162 valence electrons. The summed E-state index contributed by atoms with van der Waals surface area (Å²) in [7, 11) is 1.71. The third kappa shape index (κ3) is 4.46. The maximum absolute atomic E-state index is 13.2. The zero-order chi connectivity index (χ0) is 22.2.